The third kappa shape index (κ3) is 5.47. The lowest BCUT2D eigenvalue weighted by atomic mass is 10.3. The molecule has 6 nitrogen and oxygen atoms in total. The summed E-state index contributed by atoms with van der Waals surface area (Å²) in [5.74, 6) is 0.425. The molecule has 3 aromatic heterocycles. The van der Waals surface area contributed by atoms with E-state index in [1.165, 1.54) is 0 Å². The van der Waals surface area contributed by atoms with Gasteiger partial charge in [0.05, 0.1) is 17.9 Å². The van der Waals surface area contributed by atoms with Crippen LogP contribution in [-0.2, 0) is 17.9 Å². The summed E-state index contributed by atoms with van der Waals surface area (Å²) in [6.45, 7) is 1.35. The van der Waals surface area contributed by atoms with Gasteiger partial charge in [0.2, 0.25) is 5.91 Å². The van der Waals surface area contributed by atoms with E-state index in [4.69, 9.17) is 0 Å². The van der Waals surface area contributed by atoms with Crippen molar-refractivity contribution >= 4 is 11.7 Å². The van der Waals surface area contributed by atoms with Crippen molar-refractivity contribution in [1.29, 1.82) is 0 Å². The second-order valence-electron chi connectivity index (χ2n) is 5.55. The molecule has 0 saturated carbocycles. The third-order valence-electron chi connectivity index (χ3n) is 3.52. The number of rotatable bonds is 7. The molecule has 0 aliphatic heterocycles. The quantitative estimate of drug-likeness (QED) is 0.719. The minimum atomic E-state index is -0.120. The zero-order valence-corrected chi connectivity index (χ0v) is 13.7. The maximum Gasteiger partial charge on any atom is 0.239 e. The van der Waals surface area contributed by atoms with Gasteiger partial charge in [0.25, 0.3) is 0 Å². The second kappa shape index (κ2) is 8.65. The zero-order chi connectivity index (χ0) is 17.3. The van der Waals surface area contributed by atoms with Crippen LogP contribution in [0.3, 0.4) is 0 Å². The van der Waals surface area contributed by atoms with Gasteiger partial charge in [0.15, 0.2) is 0 Å². The van der Waals surface area contributed by atoms with Crippen LogP contribution in [0.25, 0.3) is 0 Å². The Balaban J connectivity index is 1.68. The van der Waals surface area contributed by atoms with E-state index in [2.05, 4.69) is 20.3 Å². The molecule has 3 heterocycles. The first-order chi connectivity index (χ1) is 12.3. The number of pyridine rings is 3. The van der Waals surface area contributed by atoms with Gasteiger partial charge in [-0.2, -0.15) is 0 Å². The molecular weight excluding hydrogens is 314 g/mol. The topological polar surface area (TPSA) is 71.0 Å². The lowest BCUT2D eigenvalue weighted by molar-refractivity contribution is -0.117. The van der Waals surface area contributed by atoms with Crippen LogP contribution in [-0.4, -0.2) is 32.3 Å². The molecule has 0 aliphatic carbocycles. The van der Waals surface area contributed by atoms with Gasteiger partial charge in [-0.1, -0.05) is 18.2 Å². The van der Waals surface area contributed by atoms with Gasteiger partial charge in [-0.05, 0) is 36.4 Å². The number of nitrogens with one attached hydrogen (secondary N) is 1. The lowest BCUT2D eigenvalue weighted by Crippen LogP contribution is -2.33. The fraction of sp³-hybridized carbons (Fsp3) is 0.158. The van der Waals surface area contributed by atoms with Crippen LogP contribution < -0.4 is 5.32 Å². The summed E-state index contributed by atoms with van der Waals surface area (Å²) in [6.07, 6.45) is 5.15. The van der Waals surface area contributed by atoms with Crippen LogP contribution in [0.15, 0.2) is 73.2 Å². The summed E-state index contributed by atoms with van der Waals surface area (Å²) in [5, 5.41) is 2.81. The van der Waals surface area contributed by atoms with Crippen molar-refractivity contribution in [3.63, 3.8) is 0 Å². The monoisotopic (exact) mass is 333 g/mol. The van der Waals surface area contributed by atoms with E-state index in [9.17, 15) is 4.79 Å². The number of anilines is 1. The Bertz CT molecular complexity index is 739. The number of amides is 1. The van der Waals surface area contributed by atoms with E-state index in [-0.39, 0.29) is 12.5 Å². The van der Waals surface area contributed by atoms with Gasteiger partial charge in [0.1, 0.15) is 5.82 Å². The third-order valence-corrected chi connectivity index (χ3v) is 3.52. The summed E-state index contributed by atoms with van der Waals surface area (Å²) >= 11 is 0. The minimum absolute atomic E-state index is 0.120. The number of carbonyl (C=O) groups is 1. The van der Waals surface area contributed by atoms with Crippen molar-refractivity contribution < 1.29 is 4.79 Å². The van der Waals surface area contributed by atoms with Gasteiger partial charge in [-0.15, -0.1) is 0 Å². The van der Waals surface area contributed by atoms with Crippen LogP contribution in [0.2, 0.25) is 0 Å². The SMILES string of the molecule is O=C(CN(Cc1ccccn1)Cc1ccccn1)Nc1ccccn1. The molecule has 1 N–H and O–H groups in total. The maximum absolute atomic E-state index is 12.4. The van der Waals surface area contributed by atoms with Crippen LogP contribution in [0, 0.1) is 0 Å². The van der Waals surface area contributed by atoms with E-state index in [1.54, 1.807) is 24.7 Å². The highest BCUT2D eigenvalue weighted by atomic mass is 16.2. The molecule has 25 heavy (non-hydrogen) atoms. The highest BCUT2D eigenvalue weighted by Gasteiger charge is 2.13. The Hall–Kier alpha value is -3.12. The van der Waals surface area contributed by atoms with Crippen molar-refractivity contribution in [2.24, 2.45) is 0 Å². The van der Waals surface area contributed by atoms with Gasteiger partial charge in [0, 0.05) is 31.7 Å². The molecule has 0 unspecified atom stereocenters. The number of carbonyl (C=O) groups excluding carboxylic acids is 1. The molecule has 126 valence electrons. The summed E-state index contributed by atoms with van der Waals surface area (Å²) in [5.41, 5.74) is 1.81. The fourth-order valence-electron chi connectivity index (χ4n) is 2.43. The number of aromatic nitrogens is 3. The molecular formula is C19H19N5O. The zero-order valence-electron chi connectivity index (χ0n) is 13.7. The summed E-state index contributed by atoms with van der Waals surface area (Å²) in [7, 11) is 0. The van der Waals surface area contributed by atoms with Gasteiger partial charge < -0.3 is 5.32 Å². The molecule has 3 rings (SSSR count). The first-order valence-electron chi connectivity index (χ1n) is 8.02. The maximum atomic E-state index is 12.4. The number of nitrogens with zero attached hydrogens (tertiary/aromatic N) is 4. The minimum Gasteiger partial charge on any atom is -0.310 e. The average Bonchev–Trinajstić information content (AvgIpc) is 2.64. The highest BCUT2D eigenvalue weighted by molar-refractivity contribution is 5.91. The van der Waals surface area contributed by atoms with Crippen LogP contribution in [0.1, 0.15) is 11.4 Å². The Labute approximate surface area is 146 Å². The van der Waals surface area contributed by atoms with Crippen molar-refractivity contribution in [2.45, 2.75) is 13.1 Å². The molecule has 0 bridgehead atoms. The molecule has 0 aromatic carbocycles. The lowest BCUT2D eigenvalue weighted by Gasteiger charge is -2.21. The number of hydrogen-bond acceptors (Lipinski definition) is 5. The van der Waals surface area contributed by atoms with E-state index in [0.717, 1.165) is 11.4 Å². The molecule has 1 amide bonds. The van der Waals surface area contributed by atoms with Crippen molar-refractivity contribution in [3.8, 4) is 0 Å². The van der Waals surface area contributed by atoms with Crippen LogP contribution in [0.5, 0.6) is 0 Å². The summed E-state index contributed by atoms with van der Waals surface area (Å²) in [6, 6.07) is 16.9. The standard InChI is InChI=1S/C19H19N5O/c25-19(23-18-9-3-6-12-22-18)15-24(13-16-7-1-4-10-20-16)14-17-8-2-5-11-21-17/h1-12H,13-15H2,(H,22,23,25). The molecule has 6 heteroatoms. The normalized spacial score (nSPS) is 10.6. The Morgan fingerprint density at radius 3 is 1.84 bits per heavy atom. The predicted octanol–water partition coefficient (Wildman–Crippen LogP) is 2.51. The smallest absolute Gasteiger partial charge is 0.239 e. The van der Waals surface area contributed by atoms with Crippen LogP contribution in [0.4, 0.5) is 5.82 Å². The average molecular weight is 333 g/mol. The van der Waals surface area contributed by atoms with E-state index in [1.807, 2.05) is 53.4 Å². The molecule has 0 atom stereocenters. The Morgan fingerprint density at radius 2 is 1.36 bits per heavy atom. The molecule has 3 aromatic rings. The first-order valence-corrected chi connectivity index (χ1v) is 8.02. The molecule has 0 saturated heterocycles. The highest BCUT2D eigenvalue weighted by Crippen LogP contribution is 2.08. The molecule has 0 fully saturated rings. The van der Waals surface area contributed by atoms with Gasteiger partial charge in [-0.25, -0.2) is 4.98 Å². The summed E-state index contributed by atoms with van der Waals surface area (Å²) in [4.78, 5) is 27.2. The number of hydrogen-bond donors (Lipinski definition) is 1. The summed E-state index contributed by atoms with van der Waals surface area (Å²) < 4.78 is 0. The fourth-order valence-corrected chi connectivity index (χ4v) is 2.43. The van der Waals surface area contributed by atoms with E-state index in [0.29, 0.717) is 18.9 Å². The Morgan fingerprint density at radius 1 is 0.800 bits per heavy atom. The van der Waals surface area contributed by atoms with Gasteiger partial charge in [-0.3, -0.25) is 19.7 Å². The molecule has 0 radical (unpaired) electrons. The van der Waals surface area contributed by atoms with Crippen LogP contribution >= 0.6 is 0 Å². The molecule has 0 spiro atoms. The predicted molar refractivity (Wildman–Crippen MR) is 95.5 cm³/mol. The second-order valence-corrected chi connectivity index (χ2v) is 5.55. The van der Waals surface area contributed by atoms with Crippen molar-refractivity contribution in [1.82, 2.24) is 19.9 Å². The van der Waals surface area contributed by atoms with E-state index < -0.39 is 0 Å². The Kier molecular flexibility index (Phi) is 5.79. The molecule has 0 aliphatic rings. The first kappa shape index (κ1) is 16.7. The van der Waals surface area contributed by atoms with Crippen molar-refractivity contribution in [3.05, 3.63) is 84.6 Å². The largest absolute Gasteiger partial charge is 0.310 e. The van der Waals surface area contributed by atoms with Crippen molar-refractivity contribution in [2.75, 3.05) is 11.9 Å². The van der Waals surface area contributed by atoms with E-state index >= 15 is 0 Å². The van der Waals surface area contributed by atoms with Gasteiger partial charge >= 0.3 is 0 Å².